The third kappa shape index (κ3) is 2.88. The highest BCUT2D eigenvalue weighted by Gasteiger charge is 2.39. The molecule has 1 aliphatic heterocycles. The van der Waals surface area contributed by atoms with Crippen LogP contribution in [-0.4, -0.2) is 24.2 Å². The average Bonchev–Trinajstić information content (AvgIpc) is 2.44. The lowest BCUT2D eigenvalue weighted by Gasteiger charge is -2.32. The molecule has 0 aliphatic carbocycles. The van der Waals surface area contributed by atoms with Gasteiger partial charge in [-0.2, -0.15) is 13.2 Å². The summed E-state index contributed by atoms with van der Waals surface area (Å²) in [5, 5.41) is -1.12. The van der Waals surface area contributed by atoms with Crippen molar-refractivity contribution in [2.45, 2.75) is 11.8 Å². The third-order valence-electron chi connectivity index (χ3n) is 2.98. The zero-order chi connectivity index (χ0) is 15.8. The summed E-state index contributed by atoms with van der Waals surface area (Å²) in [4.78, 5) is 11.4. The lowest BCUT2D eigenvalue weighted by Crippen LogP contribution is -2.41. The van der Waals surface area contributed by atoms with Crippen molar-refractivity contribution in [3.05, 3.63) is 35.4 Å². The van der Waals surface area contributed by atoms with Gasteiger partial charge in [0.2, 0.25) is 0 Å². The molecule has 0 aromatic heterocycles. The minimum atomic E-state index is -4.63. The molecular weight excluding hydrogens is 319 g/mol. The summed E-state index contributed by atoms with van der Waals surface area (Å²) in [5.41, 5.74) is -3.74. The van der Waals surface area contributed by atoms with Crippen LogP contribution in [-0.2, 0) is 11.0 Å². The lowest BCUT2D eigenvalue weighted by atomic mass is 9.93. The molecule has 8 heteroatoms. The molecule has 0 spiro atoms. The Balaban J connectivity index is 2.62. The Morgan fingerprint density at radius 3 is 2.33 bits per heavy atom. The first-order valence-electron chi connectivity index (χ1n) is 5.68. The molecule has 21 heavy (non-hydrogen) atoms. The van der Waals surface area contributed by atoms with Gasteiger partial charge in [0.05, 0.1) is 5.56 Å². The topological polar surface area (TPSA) is 26.3 Å². The molecular formula is C13H8ClF5O2. The van der Waals surface area contributed by atoms with E-state index in [2.05, 4.69) is 0 Å². The normalized spacial score (nSPS) is 16.8. The summed E-state index contributed by atoms with van der Waals surface area (Å²) in [7, 11) is 0. The number of benzene rings is 1. The molecule has 1 heterocycles. The second-order valence-electron chi connectivity index (χ2n) is 4.47. The van der Waals surface area contributed by atoms with Crippen molar-refractivity contribution in [2.24, 2.45) is 0 Å². The van der Waals surface area contributed by atoms with Crippen molar-refractivity contribution < 1.29 is 31.5 Å². The van der Waals surface area contributed by atoms with Crippen LogP contribution < -0.4 is 4.74 Å². The van der Waals surface area contributed by atoms with Gasteiger partial charge in [0.15, 0.2) is 5.60 Å². The van der Waals surface area contributed by atoms with Gasteiger partial charge in [-0.1, -0.05) is 0 Å². The van der Waals surface area contributed by atoms with E-state index in [0.717, 1.165) is 12.1 Å². The number of hydrogen-bond donors (Lipinski definition) is 0. The Kier molecular flexibility index (Phi) is 3.97. The van der Waals surface area contributed by atoms with Crippen LogP contribution in [0.5, 0.6) is 5.75 Å². The Morgan fingerprint density at radius 2 is 1.86 bits per heavy atom. The van der Waals surface area contributed by atoms with Crippen LogP contribution in [0, 0.1) is 0 Å². The molecule has 0 bridgehead atoms. The van der Waals surface area contributed by atoms with Gasteiger partial charge in [-0.15, -0.1) is 0 Å². The van der Waals surface area contributed by atoms with E-state index in [-0.39, 0.29) is 11.3 Å². The highest BCUT2D eigenvalue weighted by molar-refractivity contribution is 6.74. The minimum Gasteiger partial charge on any atom is -0.477 e. The van der Waals surface area contributed by atoms with Crippen molar-refractivity contribution in [1.82, 2.24) is 0 Å². The summed E-state index contributed by atoms with van der Waals surface area (Å²) in [6.45, 7) is -2.59. The van der Waals surface area contributed by atoms with Crippen LogP contribution >= 0.6 is 11.6 Å². The number of fused-ring (bicyclic) bond motifs is 1. The van der Waals surface area contributed by atoms with E-state index in [1.807, 2.05) is 0 Å². The molecule has 2 nitrogen and oxygen atoms in total. The second kappa shape index (κ2) is 5.29. The van der Waals surface area contributed by atoms with Crippen molar-refractivity contribution in [3.63, 3.8) is 0 Å². The number of hydrogen-bond acceptors (Lipinski definition) is 2. The van der Waals surface area contributed by atoms with Gasteiger partial charge in [-0.25, -0.2) is 8.78 Å². The van der Waals surface area contributed by atoms with Gasteiger partial charge >= 0.3 is 6.18 Å². The molecule has 0 atom stereocenters. The molecule has 1 aromatic carbocycles. The van der Waals surface area contributed by atoms with Crippen LogP contribution in [0.4, 0.5) is 22.0 Å². The second-order valence-corrected chi connectivity index (χ2v) is 4.82. The van der Waals surface area contributed by atoms with E-state index in [1.54, 1.807) is 0 Å². The molecule has 0 saturated carbocycles. The maximum atomic E-state index is 13.0. The number of carbonyl (C=O) groups is 1. The van der Waals surface area contributed by atoms with Crippen molar-refractivity contribution >= 4 is 22.4 Å². The lowest BCUT2D eigenvalue weighted by molar-refractivity contribution is -0.137. The summed E-state index contributed by atoms with van der Waals surface area (Å²) in [6, 6.07) is 2.26. The number of alkyl halides is 5. The fourth-order valence-corrected chi connectivity index (χ4v) is 2.08. The molecule has 2 rings (SSSR count). The Morgan fingerprint density at radius 1 is 1.24 bits per heavy atom. The smallest absolute Gasteiger partial charge is 0.416 e. The number of carbonyl (C=O) groups excluding carboxylic acids is 1. The molecule has 0 radical (unpaired) electrons. The quantitative estimate of drug-likeness (QED) is 0.621. The van der Waals surface area contributed by atoms with E-state index in [4.69, 9.17) is 16.3 Å². The SMILES string of the molecule is O=C(Cl)C1=CC(CF)(CF)Oc2ccc(C(F)(F)F)cc21. The molecule has 0 unspecified atom stereocenters. The van der Waals surface area contributed by atoms with Crippen molar-refractivity contribution in [3.8, 4) is 5.75 Å². The first kappa shape index (κ1) is 15.8. The van der Waals surface area contributed by atoms with Gasteiger partial charge in [0, 0.05) is 11.1 Å². The van der Waals surface area contributed by atoms with Crippen LogP contribution in [0.3, 0.4) is 0 Å². The van der Waals surface area contributed by atoms with Gasteiger partial charge in [-0.05, 0) is 35.9 Å². The van der Waals surface area contributed by atoms with Gasteiger partial charge in [0.1, 0.15) is 19.1 Å². The van der Waals surface area contributed by atoms with Crippen molar-refractivity contribution in [1.29, 1.82) is 0 Å². The highest BCUT2D eigenvalue weighted by Crippen LogP contribution is 2.41. The van der Waals surface area contributed by atoms with E-state index >= 15 is 0 Å². The fourth-order valence-electron chi connectivity index (χ4n) is 1.93. The Bertz CT molecular complexity index is 605. The van der Waals surface area contributed by atoms with Crippen LogP contribution in [0.2, 0.25) is 0 Å². The molecule has 0 amide bonds. The van der Waals surface area contributed by atoms with Crippen LogP contribution in [0.15, 0.2) is 24.3 Å². The van der Waals surface area contributed by atoms with Crippen molar-refractivity contribution in [2.75, 3.05) is 13.3 Å². The fraction of sp³-hybridized carbons (Fsp3) is 0.308. The summed E-state index contributed by atoms with van der Waals surface area (Å²) in [5.74, 6) is -0.232. The van der Waals surface area contributed by atoms with E-state index in [0.29, 0.717) is 12.1 Å². The minimum absolute atomic E-state index is 0.232. The summed E-state index contributed by atoms with van der Waals surface area (Å²) < 4.78 is 69.1. The predicted molar refractivity (Wildman–Crippen MR) is 65.6 cm³/mol. The zero-order valence-electron chi connectivity index (χ0n) is 10.3. The largest absolute Gasteiger partial charge is 0.477 e. The number of rotatable bonds is 3. The van der Waals surface area contributed by atoms with Crippen LogP contribution in [0.25, 0.3) is 5.57 Å². The first-order valence-corrected chi connectivity index (χ1v) is 6.05. The number of allylic oxidation sites excluding steroid dienone is 1. The van der Waals surface area contributed by atoms with Crippen LogP contribution in [0.1, 0.15) is 11.1 Å². The maximum absolute atomic E-state index is 13.0. The van der Waals surface area contributed by atoms with Gasteiger partial charge in [0.25, 0.3) is 5.24 Å². The van der Waals surface area contributed by atoms with E-state index in [1.165, 1.54) is 0 Å². The maximum Gasteiger partial charge on any atom is 0.416 e. The van der Waals surface area contributed by atoms with Gasteiger partial charge < -0.3 is 4.74 Å². The standard InChI is InChI=1S/C13H8ClF5O2/c14-11(20)9-4-12(5-15,6-16)21-10-2-1-7(3-8(9)10)13(17,18)19/h1-4H,5-6H2. The van der Waals surface area contributed by atoms with Gasteiger partial charge in [-0.3, -0.25) is 4.79 Å². The highest BCUT2D eigenvalue weighted by atomic mass is 35.5. The van der Waals surface area contributed by atoms with E-state index < -0.39 is 41.5 Å². The molecule has 0 saturated heterocycles. The average molecular weight is 327 g/mol. The number of halogens is 6. The first-order chi connectivity index (χ1) is 9.72. The zero-order valence-corrected chi connectivity index (χ0v) is 11.1. The molecule has 114 valence electrons. The Labute approximate surface area is 121 Å². The van der Waals surface area contributed by atoms with E-state index in [9.17, 15) is 26.7 Å². The number of ether oxygens (including phenoxy) is 1. The molecule has 0 fully saturated rings. The Hall–Kier alpha value is -1.63. The monoisotopic (exact) mass is 326 g/mol. The molecule has 1 aliphatic rings. The summed E-state index contributed by atoms with van der Waals surface area (Å²) in [6.07, 6.45) is -3.85. The summed E-state index contributed by atoms with van der Waals surface area (Å²) >= 11 is 5.30. The molecule has 1 aromatic rings. The molecule has 0 N–H and O–H groups in total. The predicted octanol–water partition coefficient (Wildman–Crippen LogP) is 3.92. The third-order valence-corrected chi connectivity index (χ3v) is 3.19.